The van der Waals surface area contributed by atoms with Gasteiger partial charge in [0.05, 0.1) is 17.1 Å². The average Bonchev–Trinajstić information content (AvgIpc) is 3.14. The lowest BCUT2D eigenvalue weighted by Gasteiger charge is -2.09. The average molecular weight is 458 g/mol. The molecule has 0 amide bonds. The summed E-state index contributed by atoms with van der Waals surface area (Å²) in [7, 11) is 0. The zero-order chi connectivity index (χ0) is 23.0. The van der Waals surface area contributed by atoms with Crippen LogP contribution >= 0.6 is 11.6 Å². The number of aromatic nitrogens is 2. The number of alkyl halides is 3. The number of hydrogen-bond acceptors (Lipinski definition) is 5. The van der Waals surface area contributed by atoms with Gasteiger partial charge >= 0.3 is 18.1 Å². The quantitative estimate of drug-likeness (QED) is 0.473. The maximum atomic E-state index is 11.8. The summed E-state index contributed by atoms with van der Waals surface area (Å²) in [6, 6.07) is 14.6. The van der Waals surface area contributed by atoms with Crippen LogP contribution in [-0.2, 0) is 20.9 Å². The van der Waals surface area contributed by atoms with E-state index in [0.29, 0.717) is 17.3 Å². The van der Waals surface area contributed by atoms with Crippen LogP contribution in [0.3, 0.4) is 0 Å². The number of carbonyl (C=O) groups excluding carboxylic acids is 1. The van der Waals surface area contributed by atoms with Gasteiger partial charge in [0.2, 0.25) is 0 Å². The lowest BCUT2D eigenvalue weighted by molar-refractivity contribution is -0.192. The number of nitrogens with one attached hydrogen (secondary N) is 1. The summed E-state index contributed by atoms with van der Waals surface area (Å²) < 4.78 is 37.0. The molecule has 0 fully saturated rings. The molecule has 0 radical (unpaired) electrons. The molecular weight excluding hydrogens is 439 g/mol. The largest absolute Gasteiger partial charge is 0.490 e. The summed E-state index contributed by atoms with van der Waals surface area (Å²) in [5, 5.41) is 7.76. The highest BCUT2D eigenvalue weighted by Crippen LogP contribution is 2.21. The van der Waals surface area contributed by atoms with E-state index in [1.54, 1.807) is 12.1 Å². The lowest BCUT2D eigenvalue weighted by Crippen LogP contribution is -2.21. The van der Waals surface area contributed by atoms with Crippen molar-refractivity contribution in [2.45, 2.75) is 31.7 Å². The molecule has 0 aliphatic carbocycles. The molecular formula is C20H19ClF3N3O4. The monoisotopic (exact) mass is 457 g/mol. The number of halogens is 4. The van der Waals surface area contributed by atoms with Gasteiger partial charge in [0.1, 0.15) is 12.4 Å². The summed E-state index contributed by atoms with van der Waals surface area (Å²) in [4.78, 5) is 28.3. The highest BCUT2D eigenvalue weighted by Gasteiger charge is 2.38. The third-order valence-electron chi connectivity index (χ3n) is 3.96. The van der Waals surface area contributed by atoms with E-state index in [1.165, 1.54) is 0 Å². The maximum Gasteiger partial charge on any atom is 0.490 e. The number of esters is 1. The van der Waals surface area contributed by atoms with Gasteiger partial charge in [0, 0.05) is 11.4 Å². The van der Waals surface area contributed by atoms with Crippen LogP contribution in [-0.4, -0.2) is 33.2 Å². The molecule has 0 spiro atoms. The number of rotatable bonds is 6. The molecule has 166 valence electrons. The van der Waals surface area contributed by atoms with Crippen LogP contribution in [0.1, 0.15) is 30.3 Å². The molecule has 1 atom stereocenters. The number of nitrogens with zero attached hydrogens (tertiary/aromatic N) is 1. The fourth-order valence-corrected chi connectivity index (χ4v) is 2.57. The van der Waals surface area contributed by atoms with E-state index in [9.17, 15) is 18.0 Å². The van der Waals surface area contributed by atoms with Crippen molar-refractivity contribution in [2.24, 2.45) is 5.73 Å². The summed E-state index contributed by atoms with van der Waals surface area (Å²) in [5.41, 5.74) is 8.72. The van der Waals surface area contributed by atoms with E-state index in [4.69, 9.17) is 32.0 Å². The van der Waals surface area contributed by atoms with Crippen LogP contribution < -0.4 is 5.73 Å². The van der Waals surface area contributed by atoms with Crippen LogP contribution in [0.25, 0.3) is 11.0 Å². The number of hydrogen-bond donors (Lipinski definition) is 3. The van der Waals surface area contributed by atoms with Crippen LogP contribution in [0.15, 0.2) is 48.5 Å². The van der Waals surface area contributed by atoms with Gasteiger partial charge in [-0.05, 0) is 30.2 Å². The number of H-pyrrole nitrogens is 1. The van der Waals surface area contributed by atoms with E-state index in [-0.39, 0.29) is 25.0 Å². The van der Waals surface area contributed by atoms with E-state index in [1.807, 2.05) is 36.4 Å². The Labute approximate surface area is 180 Å². The fourth-order valence-electron chi connectivity index (χ4n) is 2.40. The van der Waals surface area contributed by atoms with Gasteiger partial charge in [-0.25, -0.2) is 9.78 Å². The lowest BCUT2D eigenvalue weighted by atomic mass is 10.1. The van der Waals surface area contributed by atoms with Crippen molar-refractivity contribution in [1.82, 2.24) is 9.97 Å². The Bertz CT molecular complexity index is 1030. The van der Waals surface area contributed by atoms with Crippen molar-refractivity contribution in [1.29, 1.82) is 0 Å². The standard InChI is InChI=1S/C18H18ClN3O2.C2HF3O2/c19-13-6-8-15-16(10-13)22-18(21-15)14(20)7-9-17(23)24-11-12-4-2-1-3-5-12;3-2(4,5)1(6)7/h1-6,8,10,14H,7,9,11,20H2,(H,21,22);(H,6,7)/t14-;/m0./s1. The Morgan fingerprint density at radius 1 is 1.19 bits per heavy atom. The molecule has 1 aromatic heterocycles. The van der Waals surface area contributed by atoms with Gasteiger partial charge in [-0.2, -0.15) is 13.2 Å². The first kappa shape index (κ1) is 24.2. The van der Waals surface area contributed by atoms with Crippen molar-refractivity contribution in [3.8, 4) is 0 Å². The van der Waals surface area contributed by atoms with Gasteiger partial charge in [0.25, 0.3) is 0 Å². The second-order valence-corrected chi connectivity index (χ2v) is 6.81. The summed E-state index contributed by atoms with van der Waals surface area (Å²) >= 11 is 5.96. The number of nitrogens with two attached hydrogens (primary N) is 1. The first-order valence-corrected chi connectivity index (χ1v) is 9.34. The van der Waals surface area contributed by atoms with E-state index in [0.717, 1.165) is 16.6 Å². The van der Waals surface area contributed by atoms with Gasteiger partial charge in [-0.15, -0.1) is 0 Å². The minimum absolute atomic E-state index is 0.242. The third-order valence-corrected chi connectivity index (χ3v) is 4.19. The second-order valence-electron chi connectivity index (χ2n) is 6.38. The van der Waals surface area contributed by atoms with E-state index < -0.39 is 12.1 Å². The number of aromatic amines is 1. The zero-order valence-corrected chi connectivity index (χ0v) is 16.8. The molecule has 4 N–H and O–H groups in total. The summed E-state index contributed by atoms with van der Waals surface area (Å²) in [6.45, 7) is 0.276. The van der Waals surface area contributed by atoms with Crippen LogP contribution in [0.2, 0.25) is 5.02 Å². The van der Waals surface area contributed by atoms with Crippen molar-refractivity contribution < 1.29 is 32.6 Å². The molecule has 3 aromatic rings. The van der Waals surface area contributed by atoms with E-state index in [2.05, 4.69) is 9.97 Å². The highest BCUT2D eigenvalue weighted by molar-refractivity contribution is 6.31. The maximum absolute atomic E-state index is 11.8. The van der Waals surface area contributed by atoms with Crippen LogP contribution in [0, 0.1) is 0 Å². The predicted octanol–water partition coefficient (Wildman–Crippen LogP) is 4.37. The molecule has 31 heavy (non-hydrogen) atoms. The minimum atomic E-state index is -5.08. The number of ether oxygens (including phenoxy) is 1. The molecule has 0 saturated carbocycles. The molecule has 0 bridgehead atoms. The molecule has 2 aromatic carbocycles. The molecule has 11 heteroatoms. The van der Waals surface area contributed by atoms with E-state index >= 15 is 0 Å². The number of carbonyl (C=O) groups is 2. The SMILES string of the molecule is N[C@@H](CCC(=O)OCc1ccccc1)c1nc2ccc(Cl)cc2[nH]1.O=C(O)C(F)(F)F. The van der Waals surface area contributed by atoms with Crippen LogP contribution in [0.5, 0.6) is 0 Å². The predicted molar refractivity (Wildman–Crippen MR) is 107 cm³/mol. The highest BCUT2D eigenvalue weighted by atomic mass is 35.5. The smallest absolute Gasteiger partial charge is 0.475 e. The molecule has 3 rings (SSSR count). The Morgan fingerprint density at radius 3 is 2.45 bits per heavy atom. The number of carboxylic acid groups (broad SMARTS) is 1. The molecule has 0 unspecified atom stereocenters. The molecule has 0 saturated heterocycles. The van der Waals surface area contributed by atoms with Crippen molar-refractivity contribution in [3.63, 3.8) is 0 Å². The number of carboxylic acids is 1. The van der Waals surface area contributed by atoms with Gasteiger partial charge in [-0.1, -0.05) is 41.9 Å². The number of aliphatic carboxylic acids is 1. The summed E-state index contributed by atoms with van der Waals surface area (Å²) in [6.07, 6.45) is -4.38. The van der Waals surface area contributed by atoms with Gasteiger partial charge < -0.3 is 20.6 Å². The second kappa shape index (κ2) is 10.8. The Hall–Kier alpha value is -3.11. The normalized spacial score (nSPS) is 12.0. The van der Waals surface area contributed by atoms with Crippen molar-refractivity contribution in [3.05, 3.63) is 64.9 Å². The Balaban J connectivity index is 0.000000423. The molecule has 7 nitrogen and oxygen atoms in total. The molecule has 0 aliphatic rings. The fraction of sp³-hybridized carbons (Fsp3) is 0.250. The zero-order valence-electron chi connectivity index (χ0n) is 16.0. The van der Waals surface area contributed by atoms with Gasteiger partial charge in [0.15, 0.2) is 0 Å². The van der Waals surface area contributed by atoms with Crippen molar-refractivity contribution >= 4 is 34.6 Å². The topological polar surface area (TPSA) is 118 Å². The van der Waals surface area contributed by atoms with Gasteiger partial charge in [-0.3, -0.25) is 4.79 Å². The molecule has 0 aliphatic heterocycles. The molecule has 1 heterocycles. The number of benzene rings is 2. The Morgan fingerprint density at radius 2 is 1.84 bits per heavy atom. The minimum Gasteiger partial charge on any atom is -0.475 e. The first-order chi connectivity index (χ1) is 14.6. The summed E-state index contributed by atoms with van der Waals surface area (Å²) in [5.74, 6) is -2.39. The first-order valence-electron chi connectivity index (χ1n) is 8.96. The third kappa shape index (κ3) is 7.91. The number of fused-ring (bicyclic) bond motifs is 1. The Kier molecular flexibility index (Phi) is 8.40. The number of imidazole rings is 1. The van der Waals surface area contributed by atoms with Crippen molar-refractivity contribution in [2.75, 3.05) is 0 Å². The van der Waals surface area contributed by atoms with Crippen LogP contribution in [0.4, 0.5) is 13.2 Å².